The number of anilines is 1. The highest BCUT2D eigenvalue weighted by molar-refractivity contribution is 7.82. The zero-order chi connectivity index (χ0) is 22.8. The van der Waals surface area contributed by atoms with Gasteiger partial charge in [0.05, 0.1) is 28.0 Å². The molecule has 1 aromatic heterocycles. The van der Waals surface area contributed by atoms with Gasteiger partial charge in [0.1, 0.15) is 0 Å². The van der Waals surface area contributed by atoms with Gasteiger partial charge in [0.25, 0.3) is 5.91 Å². The van der Waals surface area contributed by atoms with Gasteiger partial charge in [0.15, 0.2) is 0 Å². The zero-order valence-corrected chi connectivity index (χ0v) is 20.6. The lowest BCUT2D eigenvalue weighted by atomic mass is 9.81. The number of piperidine rings is 1. The number of nitrogens with two attached hydrogens (primary N) is 1. The van der Waals surface area contributed by atoms with Crippen LogP contribution in [0.3, 0.4) is 0 Å². The quantitative estimate of drug-likeness (QED) is 0.627. The third kappa shape index (κ3) is 4.94. The fraction of sp³-hybridized carbons (Fsp3) is 0.480. The molecule has 0 aliphatic carbocycles. The van der Waals surface area contributed by atoms with Crippen LogP contribution in [0, 0.1) is 5.92 Å². The summed E-state index contributed by atoms with van der Waals surface area (Å²) in [6, 6.07) is 6.18. The third-order valence-corrected chi connectivity index (χ3v) is 9.29. The van der Waals surface area contributed by atoms with Crippen LogP contribution in [-0.4, -0.2) is 64.3 Å². The Hall–Kier alpha value is -2.00. The molecule has 4 heterocycles. The molecule has 1 amide bonds. The number of likely N-dealkylation sites (tertiary alicyclic amines) is 1. The fourth-order valence-electron chi connectivity index (χ4n) is 5.32. The molecule has 6 nitrogen and oxygen atoms in total. The third-order valence-electron chi connectivity index (χ3n) is 7.13. The average molecular weight is 485 g/mol. The van der Waals surface area contributed by atoms with Gasteiger partial charge in [0.2, 0.25) is 0 Å². The highest BCUT2D eigenvalue weighted by Gasteiger charge is 2.30. The van der Waals surface area contributed by atoms with Crippen molar-refractivity contribution in [1.29, 1.82) is 0 Å². The normalized spacial score (nSPS) is 20.8. The molecule has 3 N–H and O–H groups in total. The number of fused-ring (bicyclic) bond motifs is 1. The van der Waals surface area contributed by atoms with Crippen molar-refractivity contribution in [3.63, 3.8) is 0 Å². The van der Waals surface area contributed by atoms with E-state index in [0.717, 1.165) is 73.7 Å². The van der Waals surface area contributed by atoms with E-state index in [1.807, 2.05) is 11.4 Å². The number of carbonyl (C=O) groups excluding carboxylic acids is 1. The van der Waals surface area contributed by atoms with Crippen molar-refractivity contribution in [3.05, 3.63) is 46.2 Å². The second kappa shape index (κ2) is 10.1. The van der Waals surface area contributed by atoms with Crippen molar-refractivity contribution >= 4 is 39.5 Å². The van der Waals surface area contributed by atoms with Gasteiger partial charge >= 0.3 is 0 Å². The van der Waals surface area contributed by atoms with Crippen molar-refractivity contribution in [2.24, 2.45) is 11.7 Å². The van der Waals surface area contributed by atoms with Crippen LogP contribution in [0.25, 0.3) is 16.7 Å². The van der Waals surface area contributed by atoms with Crippen LogP contribution in [0.1, 0.15) is 41.6 Å². The van der Waals surface area contributed by atoms with Crippen LogP contribution < -0.4 is 11.1 Å². The first-order chi connectivity index (χ1) is 16.1. The first kappa shape index (κ1) is 22.8. The van der Waals surface area contributed by atoms with Gasteiger partial charge in [-0.05, 0) is 90.3 Å². The molecule has 5 rings (SSSR count). The average Bonchev–Trinajstić information content (AvgIpc) is 3.56. The summed E-state index contributed by atoms with van der Waals surface area (Å²) in [5.74, 6) is 0.739. The molecular formula is C25H32N4O2S2. The SMILES string of the molecule is NC(=O)c1cc(-c2ccsc2)cc2c1NCC=C2C1CCN(S(=O)CCN2CCCC2)CC1. The number of thiophene rings is 1. The number of benzene rings is 1. The summed E-state index contributed by atoms with van der Waals surface area (Å²) in [7, 11) is -0.901. The van der Waals surface area contributed by atoms with E-state index in [1.54, 1.807) is 11.3 Å². The van der Waals surface area contributed by atoms with Crippen LogP contribution in [0.4, 0.5) is 5.69 Å². The van der Waals surface area contributed by atoms with E-state index in [1.165, 1.54) is 18.4 Å². The molecule has 3 aliphatic heterocycles. The fourth-order valence-corrected chi connectivity index (χ4v) is 7.28. The molecule has 0 bridgehead atoms. The second-order valence-corrected chi connectivity index (χ2v) is 11.5. The molecule has 0 saturated carbocycles. The lowest BCUT2D eigenvalue weighted by Gasteiger charge is -2.34. The molecule has 0 radical (unpaired) electrons. The molecule has 3 aliphatic rings. The number of nitrogens with one attached hydrogen (secondary N) is 1. The molecule has 1 atom stereocenters. The summed E-state index contributed by atoms with van der Waals surface area (Å²) < 4.78 is 15.0. The first-order valence-corrected chi connectivity index (χ1v) is 14.1. The second-order valence-electron chi connectivity index (χ2n) is 9.14. The molecule has 1 unspecified atom stereocenters. The number of hydrogen-bond acceptors (Lipinski definition) is 5. The summed E-state index contributed by atoms with van der Waals surface area (Å²) in [6.45, 7) is 5.65. The minimum absolute atomic E-state index is 0.399. The Morgan fingerprint density at radius 2 is 1.94 bits per heavy atom. The Labute approximate surface area is 202 Å². The smallest absolute Gasteiger partial charge is 0.250 e. The predicted molar refractivity (Wildman–Crippen MR) is 138 cm³/mol. The van der Waals surface area contributed by atoms with Gasteiger partial charge in [-0.2, -0.15) is 11.3 Å². The number of carbonyl (C=O) groups is 1. The largest absolute Gasteiger partial charge is 0.380 e. The van der Waals surface area contributed by atoms with E-state index in [0.29, 0.717) is 18.0 Å². The van der Waals surface area contributed by atoms with Crippen LogP contribution in [-0.2, 0) is 11.0 Å². The van der Waals surface area contributed by atoms with Crippen LogP contribution in [0.15, 0.2) is 35.0 Å². The number of primary amides is 1. The van der Waals surface area contributed by atoms with Crippen LogP contribution in [0.5, 0.6) is 0 Å². The number of amides is 1. The highest BCUT2D eigenvalue weighted by Crippen LogP contribution is 2.41. The van der Waals surface area contributed by atoms with Crippen LogP contribution in [0.2, 0.25) is 0 Å². The molecule has 8 heteroatoms. The van der Waals surface area contributed by atoms with Crippen molar-refractivity contribution in [2.45, 2.75) is 25.7 Å². The van der Waals surface area contributed by atoms with Crippen molar-refractivity contribution in [3.8, 4) is 11.1 Å². The Kier molecular flexibility index (Phi) is 6.97. The van der Waals surface area contributed by atoms with Gasteiger partial charge in [-0.3, -0.25) is 4.79 Å². The number of allylic oxidation sites excluding steroid dienone is 1. The minimum atomic E-state index is -0.901. The lowest BCUT2D eigenvalue weighted by molar-refractivity contribution is 0.100. The van der Waals surface area contributed by atoms with Crippen molar-refractivity contribution < 1.29 is 9.00 Å². The molecule has 2 fully saturated rings. The van der Waals surface area contributed by atoms with Gasteiger partial charge < -0.3 is 16.0 Å². The topological polar surface area (TPSA) is 78.7 Å². The molecule has 2 aromatic rings. The molecule has 0 spiro atoms. The van der Waals surface area contributed by atoms with E-state index < -0.39 is 16.9 Å². The maximum atomic E-state index is 12.9. The minimum Gasteiger partial charge on any atom is -0.380 e. The lowest BCUT2D eigenvalue weighted by Crippen LogP contribution is -2.38. The maximum absolute atomic E-state index is 12.9. The van der Waals surface area contributed by atoms with Gasteiger partial charge in [-0.1, -0.05) is 6.08 Å². The van der Waals surface area contributed by atoms with Crippen LogP contribution >= 0.6 is 11.3 Å². The molecule has 33 heavy (non-hydrogen) atoms. The Balaban J connectivity index is 1.31. The predicted octanol–water partition coefficient (Wildman–Crippen LogP) is 3.79. The highest BCUT2D eigenvalue weighted by atomic mass is 32.2. The molecule has 1 aromatic carbocycles. The summed E-state index contributed by atoms with van der Waals surface area (Å²) >= 11 is 1.65. The monoisotopic (exact) mass is 484 g/mol. The summed E-state index contributed by atoms with van der Waals surface area (Å²) in [6.07, 6.45) is 6.77. The number of rotatable bonds is 7. The van der Waals surface area contributed by atoms with Crippen molar-refractivity contribution in [1.82, 2.24) is 9.21 Å². The van der Waals surface area contributed by atoms with Gasteiger partial charge in [-0.15, -0.1) is 0 Å². The molecule has 2 saturated heterocycles. The van der Waals surface area contributed by atoms with Gasteiger partial charge in [0, 0.05) is 31.7 Å². The maximum Gasteiger partial charge on any atom is 0.250 e. The number of nitrogens with zero attached hydrogens (tertiary/aromatic N) is 2. The molecular weight excluding hydrogens is 452 g/mol. The summed E-state index contributed by atoms with van der Waals surface area (Å²) in [4.78, 5) is 14.7. The van der Waals surface area contributed by atoms with E-state index in [2.05, 4.69) is 38.1 Å². The van der Waals surface area contributed by atoms with E-state index >= 15 is 0 Å². The standard InChI is InChI=1S/C25H32N4O2S2/c26-25(30)23-16-20(19-6-13-32-17-19)15-22-21(3-7-27-24(22)23)18-4-10-29(11-5-18)33(31)14-12-28-8-1-2-9-28/h3,6,13,15-18,27H,1-2,4-5,7-12,14H2,(H2,26,30). The molecule has 176 valence electrons. The zero-order valence-electron chi connectivity index (χ0n) is 18.9. The summed E-state index contributed by atoms with van der Waals surface area (Å²) in [5.41, 5.74) is 11.7. The van der Waals surface area contributed by atoms with Crippen molar-refractivity contribution in [2.75, 3.05) is 50.3 Å². The van der Waals surface area contributed by atoms with E-state index in [-0.39, 0.29) is 0 Å². The Morgan fingerprint density at radius 1 is 1.15 bits per heavy atom. The Bertz CT molecular complexity index is 1050. The summed E-state index contributed by atoms with van der Waals surface area (Å²) in [5, 5.41) is 7.53. The van der Waals surface area contributed by atoms with E-state index in [9.17, 15) is 9.00 Å². The van der Waals surface area contributed by atoms with E-state index in [4.69, 9.17) is 5.73 Å². The Morgan fingerprint density at radius 3 is 2.64 bits per heavy atom. The van der Waals surface area contributed by atoms with Gasteiger partial charge in [-0.25, -0.2) is 8.51 Å². The number of hydrogen-bond donors (Lipinski definition) is 2. The first-order valence-electron chi connectivity index (χ1n) is 11.9.